The topological polar surface area (TPSA) is 46.5 Å². The Balaban J connectivity index is 1.48. The maximum atomic E-state index is 14.5. The van der Waals surface area contributed by atoms with Crippen molar-refractivity contribution in [3.8, 4) is 10.8 Å². The van der Waals surface area contributed by atoms with E-state index in [1.54, 1.807) is 16.2 Å². The number of carbonyl (C=O) groups excluding carboxylic acids is 1. The molecule has 0 unspecified atom stereocenters. The fourth-order valence-corrected chi connectivity index (χ4v) is 6.83. The molecule has 0 saturated heterocycles. The van der Waals surface area contributed by atoms with Crippen molar-refractivity contribution in [2.45, 2.75) is 45.2 Å². The molecule has 1 N–H and O–H groups in total. The average molecular weight is 520 g/mol. The SMILES string of the molecule is CCOc1ccc([C@@H]2c3cccn3-c3sc4c(c3CN2C(=O)Nc2cc(F)ccc2F)CCCC4)cc1. The third-order valence-corrected chi connectivity index (χ3v) is 8.45. The molecule has 0 spiro atoms. The van der Waals surface area contributed by atoms with Crippen LogP contribution in [0, 0.1) is 11.6 Å². The van der Waals surface area contributed by atoms with Crippen LogP contribution in [0.2, 0.25) is 0 Å². The molecule has 2 amide bonds. The van der Waals surface area contributed by atoms with Gasteiger partial charge in [-0.25, -0.2) is 13.6 Å². The van der Waals surface area contributed by atoms with E-state index in [0.29, 0.717) is 13.2 Å². The van der Waals surface area contributed by atoms with Gasteiger partial charge in [0.1, 0.15) is 22.4 Å². The number of nitrogens with zero attached hydrogens (tertiary/aromatic N) is 2. The molecule has 4 aromatic rings. The van der Waals surface area contributed by atoms with Crippen LogP contribution in [-0.2, 0) is 19.4 Å². The van der Waals surface area contributed by atoms with Crippen LogP contribution in [0.4, 0.5) is 19.3 Å². The summed E-state index contributed by atoms with van der Waals surface area (Å²) in [7, 11) is 0. The van der Waals surface area contributed by atoms with Crippen molar-refractivity contribution in [3.63, 3.8) is 0 Å². The van der Waals surface area contributed by atoms with Crippen LogP contribution in [0.25, 0.3) is 5.00 Å². The van der Waals surface area contributed by atoms with Crippen LogP contribution in [0.1, 0.15) is 53.1 Å². The predicted molar refractivity (Wildman–Crippen MR) is 141 cm³/mol. The summed E-state index contributed by atoms with van der Waals surface area (Å²) in [5.74, 6) is -0.542. The van der Waals surface area contributed by atoms with Crippen LogP contribution in [0.15, 0.2) is 60.8 Å². The standard InChI is InChI=1S/C29H27F2N3O2S/c1-2-36-20-12-9-18(10-13-20)27-25-7-5-15-33(25)28-22(21-6-3-4-8-26(21)37-28)17-34(27)29(35)32-24-16-19(30)11-14-23(24)31/h5,7,9-16,27H,2-4,6,8,17H2,1H3,(H,32,35)/t27-/m1/s1. The molecule has 0 bridgehead atoms. The molecule has 1 aliphatic heterocycles. The Kier molecular flexibility index (Phi) is 6.20. The summed E-state index contributed by atoms with van der Waals surface area (Å²) in [6.45, 7) is 2.86. The summed E-state index contributed by atoms with van der Waals surface area (Å²) in [6, 6.07) is 13.9. The minimum Gasteiger partial charge on any atom is -0.494 e. The van der Waals surface area contributed by atoms with Gasteiger partial charge in [-0.15, -0.1) is 11.3 Å². The van der Waals surface area contributed by atoms with Crippen LogP contribution in [0.3, 0.4) is 0 Å². The Labute approximate surface area is 218 Å². The van der Waals surface area contributed by atoms with Gasteiger partial charge in [-0.3, -0.25) is 0 Å². The second-order valence-electron chi connectivity index (χ2n) is 9.38. The number of anilines is 1. The monoisotopic (exact) mass is 519 g/mol. The molecular formula is C29H27F2N3O2S. The number of ether oxygens (including phenoxy) is 1. The Hall–Kier alpha value is -3.65. The number of urea groups is 1. The summed E-state index contributed by atoms with van der Waals surface area (Å²) < 4.78 is 36.2. The molecule has 0 fully saturated rings. The highest BCUT2D eigenvalue weighted by molar-refractivity contribution is 7.15. The summed E-state index contributed by atoms with van der Waals surface area (Å²) in [5.41, 5.74) is 4.13. The van der Waals surface area contributed by atoms with E-state index >= 15 is 0 Å². The molecule has 6 rings (SSSR count). The number of thiophene rings is 1. The second-order valence-corrected chi connectivity index (χ2v) is 10.5. The Bertz CT molecular complexity index is 1460. The van der Waals surface area contributed by atoms with Crippen LogP contribution >= 0.6 is 11.3 Å². The van der Waals surface area contributed by atoms with E-state index in [1.807, 2.05) is 49.5 Å². The average Bonchev–Trinajstić information content (AvgIpc) is 3.49. The van der Waals surface area contributed by atoms with Gasteiger partial charge in [-0.05, 0) is 80.1 Å². The quantitative estimate of drug-likeness (QED) is 0.309. The molecule has 37 heavy (non-hydrogen) atoms. The molecule has 1 aliphatic carbocycles. The molecule has 0 saturated carbocycles. The van der Waals surface area contributed by atoms with Gasteiger partial charge in [-0.1, -0.05) is 12.1 Å². The smallest absolute Gasteiger partial charge is 0.323 e. The lowest BCUT2D eigenvalue weighted by Gasteiger charge is -2.31. The van der Waals surface area contributed by atoms with Crippen molar-refractivity contribution >= 4 is 23.1 Å². The number of hydrogen-bond acceptors (Lipinski definition) is 3. The van der Waals surface area contributed by atoms with Gasteiger partial charge < -0.3 is 19.5 Å². The number of rotatable bonds is 4. The van der Waals surface area contributed by atoms with Gasteiger partial charge in [0.25, 0.3) is 0 Å². The van der Waals surface area contributed by atoms with Gasteiger partial charge in [0, 0.05) is 22.7 Å². The van der Waals surface area contributed by atoms with Crippen LogP contribution < -0.4 is 10.1 Å². The molecule has 8 heteroatoms. The van der Waals surface area contributed by atoms with Crippen molar-refractivity contribution in [2.75, 3.05) is 11.9 Å². The van der Waals surface area contributed by atoms with E-state index in [9.17, 15) is 13.6 Å². The highest BCUT2D eigenvalue weighted by Gasteiger charge is 2.36. The molecule has 2 aliphatic rings. The van der Waals surface area contributed by atoms with Gasteiger partial charge in [-0.2, -0.15) is 0 Å². The van der Waals surface area contributed by atoms with Crippen LogP contribution in [0.5, 0.6) is 5.75 Å². The van der Waals surface area contributed by atoms with E-state index in [4.69, 9.17) is 4.74 Å². The number of aryl methyl sites for hydroxylation is 1. The number of halogens is 2. The number of nitrogens with one attached hydrogen (secondary N) is 1. The number of fused-ring (bicyclic) bond motifs is 5. The maximum Gasteiger partial charge on any atom is 0.323 e. The highest BCUT2D eigenvalue weighted by atomic mass is 32.1. The minimum atomic E-state index is -0.681. The first-order valence-corrected chi connectivity index (χ1v) is 13.4. The molecule has 1 atom stereocenters. The van der Waals surface area contributed by atoms with Gasteiger partial charge >= 0.3 is 6.03 Å². The number of carbonyl (C=O) groups is 1. The zero-order chi connectivity index (χ0) is 25.5. The van der Waals surface area contributed by atoms with Gasteiger partial charge in [0.05, 0.1) is 30.6 Å². The first kappa shape index (κ1) is 23.7. The summed E-state index contributed by atoms with van der Waals surface area (Å²) >= 11 is 1.80. The lowest BCUT2D eigenvalue weighted by molar-refractivity contribution is 0.194. The largest absolute Gasteiger partial charge is 0.494 e. The van der Waals surface area contributed by atoms with E-state index in [2.05, 4.69) is 9.88 Å². The van der Waals surface area contributed by atoms with Crippen molar-refractivity contribution in [3.05, 3.63) is 99.7 Å². The van der Waals surface area contributed by atoms with Crippen LogP contribution in [-0.4, -0.2) is 22.1 Å². The molecule has 5 nitrogen and oxygen atoms in total. The van der Waals surface area contributed by atoms with Crippen molar-refractivity contribution < 1.29 is 18.3 Å². The second kappa shape index (κ2) is 9.67. The van der Waals surface area contributed by atoms with Crippen molar-refractivity contribution in [1.82, 2.24) is 9.47 Å². The fourth-order valence-electron chi connectivity index (χ4n) is 5.43. The Morgan fingerprint density at radius 2 is 1.89 bits per heavy atom. The first-order valence-electron chi connectivity index (χ1n) is 12.6. The Morgan fingerprint density at radius 3 is 2.70 bits per heavy atom. The van der Waals surface area contributed by atoms with Crippen molar-refractivity contribution in [1.29, 1.82) is 0 Å². The first-order chi connectivity index (χ1) is 18.0. The van der Waals surface area contributed by atoms with E-state index in [-0.39, 0.29) is 5.69 Å². The molecule has 2 aromatic heterocycles. The molecule has 2 aromatic carbocycles. The normalized spacial score (nSPS) is 16.4. The van der Waals surface area contributed by atoms with E-state index < -0.39 is 23.7 Å². The molecule has 190 valence electrons. The van der Waals surface area contributed by atoms with Gasteiger partial charge in [0.2, 0.25) is 0 Å². The Morgan fingerprint density at radius 1 is 1.08 bits per heavy atom. The number of amides is 2. The zero-order valence-electron chi connectivity index (χ0n) is 20.5. The number of benzene rings is 2. The summed E-state index contributed by atoms with van der Waals surface area (Å²) in [6.07, 6.45) is 6.37. The van der Waals surface area contributed by atoms with Gasteiger partial charge in [0.15, 0.2) is 0 Å². The zero-order valence-corrected chi connectivity index (χ0v) is 21.3. The number of hydrogen-bond donors (Lipinski definition) is 1. The fraction of sp³-hybridized carbons (Fsp3) is 0.276. The third-order valence-electron chi connectivity index (χ3n) is 7.12. The lowest BCUT2D eigenvalue weighted by Crippen LogP contribution is -2.38. The predicted octanol–water partition coefficient (Wildman–Crippen LogP) is 7.23. The minimum absolute atomic E-state index is 0.178. The van der Waals surface area contributed by atoms with Crippen molar-refractivity contribution in [2.24, 2.45) is 0 Å². The number of aromatic nitrogens is 1. The summed E-state index contributed by atoms with van der Waals surface area (Å²) in [5, 5.41) is 3.78. The van der Waals surface area contributed by atoms with E-state index in [0.717, 1.165) is 65.0 Å². The lowest BCUT2D eigenvalue weighted by atomic mass is 9.95. The summed E-state index contributed by atoms with van der Waals surface area (Å²) in [4.78, 5) is 17.0. The molecule has 3 heterocycles. The maximum absolute atomic E-state index is 14.5. The highest BCUT2D eigenvalue weighted by Crippen LogP contribution is 2.44. The molecular weight excluding hydrogens is 492 g/mol. The molecule has 0 radical (unpaired) electrons. The van der Waals surface area contributed by atoms with E-state index in [1.165, 1.54) is 16.9 Å². The third kappa shape index (κ3) is 4.29.